The van der Waals surface area contributed by atoms with Crippen LogP contribution in [0.4, 0.5) is 5.69 Å². The Morgan fingerprint density at radius 3 is 2.67 bits per heavy atom. The SMILES string of the molecule is CCOc1ccc(/C=N\OCC(=O)Nc2ccc(C)cc2Br)cc1. The molecule has 0 unspecified atom stereocenters. The maximum absolute atomic E-state index is 11.8. The molecule has 0 aromatic heterocycles. The second-order valence-corrected chi connectivity index (χ2v) is 5.90. The zero-order valence-electron chi connectivity index (χ0n) is 13.6. The lowest BCUT2D eigenvalue weighted by molar-refractivity contribution is -0.120. The van der Waals surface area contributed by atoms with Crippen LogP contribution in [0.5, 0.6) is 5.75 Å². The molecular weight excluding hydrogens is 372 g/mol. The van der Waals surface area contributed by atoms with Crippen molar-refractivity contribution in [1.29, 1.82) is 0 Å². The fourth-order valence-corrected chi connectivity index (χ4v) is 2.51. The van der Waals surface area contributed by atoms with E-state index in [4.69, 9.17) is 9.57 Å². The molecule has 0 radical (unpaired) electrons. The van der Waals surface area contributed by atoms with Crippen LogP contribution >= 0.6 is 15.9 Å². The first kappa shape index (κ1) is 18.0. The van der Waals surface area contributed by atoms with E-state index in [1.165, 1.54) is 0 Å². The number of nitrogens with one attached hydrogen (secondary N) is 1. The minimum absolute atomic E-state index is 0.159. The van der Waals surface area contributed by atoms with Gasteiger partial charge in [-0.05, 0) is 77.3 Å². The molecule has 1 amide bonds. The number of carbonyl (C=O) groups is 1. The van der Waals surface area contributed by atoms with Gasteiger partial charge in [-0.25, -0.2) is 0 Å². The largest absolute Gasteiger partial charge is 0.494 e. The van der Waals surface area contributed by atoms with Gasteiger partial charge in [-0.15, -0.1) is 0 Å². The van der Waals surface area contributed by atoms with Gasteiger partial charge in [-0.1, -0.05) is 11.2 Å². The predicted octanol–water partition coefficient (Wildman–Crippen LogP) is 4.15. The van der Waals surface area contributed by atoms with Crippen LogP contribution in [0.1, 0.15) is 18.1 Å². The van der Waals surface area contributed by atoms with Crippen molar-refractivity contribution in [1.82, 2.24) is 0 Å². The monoisotopic (exact) mass is 390 g/mol. The molecule has 0 heterocycles. The van der Waals surface area contributed by atoms with E-state index in [1.807, 2.05) is 56.3 Å². The van der Waals surface area contributed by atoms with Gasteiger partial charge in [0.1, 0.15) is 5.75 Å². The molecular formula is C18H19BrN2O3. The van der Waals surface area contributed by atoms with Crippen LogP contribution < -0.4 is 10.1 Å². The first-order chi connectivity index (χ1) is 11.6. The minimum atomic E-state index is -0.275. The van der Waals surface area contributed by atoms with Gasteiger partial charge < -0.3 is 14.9 Å². The van der Waals surface area contributed by atoms with E-state index >= 15 is 0 Å². The number of aryl methyl sites for hydroxylation is 1. The Kier molecular flexibility index (Phi) is 6.81. The van der Waals surface area contributed by atoms with Gasteiger partial charge >= 0.3 is 0 Å². The van der Waals surface area contributed by atoms with E-state index in [1.54, 1.807) is 6.21 Å². The minimum Gasteiger partial charge on any atom is -0.494 e. The molecule has 0 aliphatic carbocycles. The van der Waals surface area contributed by atoms with Crippen LogP contribution in [-0.2, 0) is 9.63 Å². The summed E-state index contributed by atoms with van der Waals surface area (Å²) in [6, 6.07) is 13.1. The van der Waals surface area contributed by atoms with E-state index in [2.05, 4.69) is 26.4 Å². The van der Waals surface area contributed by atoms with Gasteiger partial charge in [0.15, 0.2) is 6.61 Å². The lowest BCUT2D eigenvalue weighted by atomic mass is 10.2. The van der Waals surface area contributed by atoms with Gasteiger partial charge in [-0.2, -0.15) is 0 Å². The summed E-state index contributed by atoms with van der Waals surface area (Å²) in [6.45, 7) is 4.38. The Labute approximate surface area is 149 Å². The number of hydrogen-bond acceptors (Lipinski definition) is 4. The average molecular weight is 391 g/mol. The summed E-state index contributed by atoms with van der Waals surface area (Å²) < 4.78 is 6.19. The molecule has 0 saturated carbocycles. The van der Waals surface area contributed by atoms with E-state index in [-0.39, 0.29) is 12.5 Å². The Hall–Kier alpha value is -2.34. The highest BCUT2D eigenvalue weighted by Gasteiger charge is 2.06. The third-order valence-electron chi connectivity index (χ3n) is 3.06. The van der Waals surface area contributed by atoms with Gasteiger partial charge in [0.2, 0.25) is 0 Å². The number of halogens is 1. The van der Waals surface area contributed by atoms with Gasteiger partial charge in [0.05, 0.1) is 18.5 Å². The van der Waals surface area contributed by atoms with Crippen molar-refractivity contribution in [3.05, 3.63) is 58.1 Å². The molecule has 1 N–H and O–H groups in total. The number of carbonyl (C=O) groups excluding carboxylic acids is 1. The van der Waals surface area contributed by atoms with Crippen molar-refractivity contribution in [2.75, 3.05) is 18.5 Å². The Bertz CT molecular complexity index is 715. The number of rotatable bonds is 7. The van der Waals surface area contributed by atoms with Crippen molar-refractivity contribution in [3.63, 3.8) is 0 Å². The van der Waals surface area contributed by atoms with Crippen LogP contribution in [-0.4, -0.2) is 25.3 Å². The molecule has 0 bridgehead atoms. The van der Waals surface area contributed by atoms with Crippen molar-refractivity contribution in [3.8, 4) is 5.75 Å². The van der Waals surface area contributed by atoms with Gasteiger partial charge in [-0.3, -0.25) is 4.79 Å². The molecule has 2 rings (SSSR count). The molecule has 24 heavy (non-hydrogen) atoms. The number of benzene rings is 2. The average Bonchev–Trinajstić information content (AvgIpc) is 2.56. The quantitative estimate of drug-likeness (QED) is 0.570. The zero-order valence-corrected chi connectivity index (χ0v) is 15.2. The van der Waals surface area contributed by atoms with Crippen LogP contribution in [0.3, 0.4) is 0 Å². The van der Waals surface area contributed by atoms with Crippen molar-refractivity contribution >= 4 is 33.7 Å². The Balaban J connectivity index is 1.79. The third kappa shape index (κ3) is 5.70. The molecule has 0 aliphatic rings. The normalized spacial score (nSPS) is 10.6. The maximum atomic E-state index is 11.8. The summed E-state index contributed by atoms with van der Waals surface area (Å²) in [4.78, 5) is 16.9. The van der Waals surface area contributed by atoms with Crippen molar-refractivity contribution in [2.24, 2.45) is 5.16 Å². The number of nitrogens with zero attached hydrogens (tertiary/aromatic N) is 1. The maximum Gasteiger partial charge on any atom is 0.265 e. The van der Waals surface area contributed by atoms with Crippen molar-refractivity contribution in [2.45, 2.75) is 13.8 Å². The third-order valence-corrected chi connectivity index (χ3v) is 3.72. The fourth-order valence-electron chi connectivity index (χ4n) is 1.92. The molecule has 0 atom stereocenters. The van der Waals surface area contributed by atoms with Crippen LogP contribution in [0, 0.1) is 6.92 Å². The number of ether oxygens (including phenoxy) is 1. The molecule has 0 aliphatic heterocycles. The molecule has 2 aromatic carbocycles. The molecule has 126 valence electrons. The molecule has 2 aromatic rings. The van der Waals surface area contributed by atoms with E-state index in [0.29, 0.717) is 12.3 Å². The van der Waals surface area contributed by atoms with Gasteiger partial charge in [0, 0.05) is 4.47 Å². The standard InChI is InChI=1S/C18H19BrN2O3/c1-3-23-15-7-5-14(6-8-15)11-20-24-12-18(22)21-17-9-4-13(2)10-16(17)19/h4-11H,3,12H2,1-2H3,(H,21,22)/b20-11-. The highest BCUT2D eigenvalue weighted by atomic mass is 79.9. The molecule has 6 heteroatoms. The van der Waals surface area contributed by atoms with E-state index < -0.39 is 0 Å². The van der Waals surface area contributed by atoms with Crippen LogP contribution in [0.25, 0.3) is 0 Å². The Morgan fingerprint density at radius 2 is 2.00 bits per heavy atom. The predicted molar refractivity (Wildman–Crippen MR) is 98.7 cm³/mol. The first-order valence-electron chi connectivity index (χ1n) is 7.52. The highest BCUT2D eigenvalue weighted by Crippen LogP contribution is 2.23. The smallest absolute Gasteiger partial charge is 0.265 e. The van der Waals surface area contributed by atoms with Crippen LogP contribution in [0.2, 0.25) is 0 Å². The second-order valence-electron chi connectivity index (χ2n) is 5.04. The lowest BCUT2D eigenvalue weighted by Crippen LogP contribution is -2.17. The van der Waals surface area contributed by atoms with E-state index in [9.17, 15) is 4.79 Å². The Morgan fingerprint density at radius 1 is 1.25 bits per heavy atom. The van der Waals surface area contributed by atoms with Crippen molar-refractivity contribution < 1.29 is 14.4 Å². The number of amides is 1. The van der Waals surface area contributed by atoms with Crippen LogP contribution in [0.15, 0.2) is 52.1 Å². The number of hydrogen-bond donors (Lipinski definition) is 1. The zero-order chi connectivity index (χ0) is 17.4. The number of anilines is 1. The van der Waals surface area contributed by atoms with Gasteiger partial charge in [0.25, 0.3) is 5.91 Å². The fraction of sp³-hybridized carbons (Fsp3) is 0.222. The molecule has 0 spiro atoms. The summed E-state index contributed by atoms with van der Waals surface area (Å²) >= 11 is 3.41. The topological polar surface area (TPSA) is 59.9 Å². The summed E-state index contributed by atoms with van der Waals surface area (Å²) in [7, 11) is 0. The summed E-state index contributed by atoms with van der Waals surface area (Å²) in [5.74, 6) is 0.530. The molecule has 0 fully saturated rings. The summed E-state index contributed by atoms with van der Waals surface area (Å²) in [6.07, 6.45) is 1.55. The first-order valence-corrected chi connectivity index (χ1v) is 8.32. The molecule has 0 saturated heterocycles. The summed E-state index contributed by atoms with van der Waals surface area (Å²) in [5.41, 5.74) is 2.67. The highest BCUT2D eigenvalue weighted by molar-refractivity contribution is 9.10. The molecule has 5 nitrogen and oxygen atoms in total. The summed E-state index contributed by atoms with van der Waals surface area (Å²) in [5, 5.41) is 6.55. The van der Waals surface area contributed by atoms with E-state index in [0.717, 1.165) is 21.3 Å². The second kappa shape index (κ2) is 9.08. The lowest BCUT2D eigenvalue weighted by Gasteiger charge is -2.07. The number of oxime groups is 1.